The summed E-state index contributed by atoms with van der Waals surface area (Å²) < 4.78 is 0. The van der Waals surface area contributed by atoms with Crippen LogP contribution < -0.4 is 5.32 Å². The summed E-state index contributed by atoms with van der Waals surface area (Å²) in [5, 5.41) is 4.05. The molecule has 0 saturated carbocycles. The minimum Gasteiger partial charge on any atom is -0.365 e. The van der Waals surface area contributed by atoms with Crippen LogP contribution in [0.2, 0.25) is 5.02 Å². The van der Waals surface area contributed by atoms with Crippen LogP contribution >= 0.6 is 23.4 Å². The second-order valence-corrected chi connectivity index (χ2v) is 4.60. The highest BCUT2D eigenvalue weighted by molar-refractivity contribution is 7.99. The number of hydrogen-bond donors (Lipinski definition) is 1. The molecule has 0 radical (unpaired) electrons. The van der Waals surface area contributed by atoms with Gasteiger partial charge in [-0.15, -0.1) is 0 Å². The largest absolute Gasteiger partial charge is 0.365 e. The van der Waals surface area contributed by atoms with Gasteiger partial charge in [-0.1, -0.05) is 11.6 Å². The molecule has 0 amide bonds. The van der Waals surface area contributed by atoms with Crippen LogP contribution in [0.25, 0.3) is 0 Å². The van der Waals surface area contributed by atoms with Gasteiger partial charge in [0.25, 0.3) is 0 Å². The Hall–Kier alpha value is -0.410. The second-order valence-electron chi connectivity index (χ2n) is 3.04. The van der Waals surface area contributed by atoms with Gasteiger partial charge in [-0.25, -0.2) is 4.98 Å². The van der Waals surface area contributed by atoms with Gasteiger partial charge in [-0.2, -0.15) is 11.8 Å². The Kier molecular flexibility index (Phi) is 2.96. The molecule has 13 heavy (non-hydrogen) atoms. The van der Waals surface area contributed by atoms with Crippen LogP contribution in [0.1, 0.15) is 6.42 Å². The first-order chi connectivity index (χ1) is 6.36. The minimum atomic E-state index is 0.539. The Labute approximate surface area is 87.1 Å². The highest BCUT2D eigenvalue weighted by Gasteiger charge is 2.16. The highest BCUT2D eigenvalue weighted by atomic mass is 35.5. The fraction of sp³-hybridized carbons (Fsp3) is 0.444. The summed E-state index contributed by atoms with van der Waals surface area (Å²) in [5.41, 5.74) is 0. The van der Waals surface area contributed by atoms with E-state index in [4.69, 9.17) is 11.6 Å². The maximum Gasteiger partial charge on any atom is 0.144 e. The van der Waals surface area contributed by atoms with E-state index in [2.05, 4.69) is 10.3 Å². The van der Waals surface area contributed by atoms with Gasteiger partial charge in [0, 0.05) is 18.0 Å². The molecular formula is C9H11ClN2S. The molecule has 2 rings (SSSR count). The third-order valence-electron chi connectivity index (χ3n) is 2.03. The van der Waals surface area contributed by atoms with Crippen LogP contribution in [0, 0.1) is 0 Å². The van der Waals surface area contributed by atoms with Gasteiger partial charge in [0.15, 0.2) is 0 Å². The smallest absolute Gasteiger partial charge is 0.144 e. The van der Waals surface area contributed by atoms with E-state index < -0.39 is 0 Å². The maximum absolute atomic E-state index is 5.97. The van der Waals surface area contributed by atoms with Crippen molar-refractivity contribution in [2.24, 2.45) is 0 Å². The second kappa shape index (κ2) is 4.20. The molecule has 0 aliphatic carbocycles. The number of pyridine rings is 1. The first-order valence-corrected chi connectivity index (χ1v) is 5.84. The molecule has 1 unspecified atom stereocenters. The number of anilines is 1. The van der Waals surface area contributed by atoms with Gasteiger partial charge in [-0.05, 0) is 24.3 Å². The van der Waals surface area contributed by atoms with Gasteiger partial charge in [0.2, 0.25) is 0 Å². The molecule has 4 heteroatoms. The van der Waals surface area contributed by atoms with Crippen molar-refractivity contribution in [1.29, 1.82) is 0 Å². The summed E-state index contributed by atoms with van der Waals surface area (Å²) in [5.74, 6) is 3.21. The molecule has 0 aromatic carbocycles. The van der Waals surface area contributed by atoms with Gasteiger partial charge in [0.05, 0.1) is 5.02 Å². The van der Waals surface area contributed by atoms with Gasteiger partial charge in [0.1, 0.15) is 5.82 Å². The summed E-state index contributed by atoms with van der Waals surface area (Å²) in [4.78, 5) is 4.19. The van der Waals surface area contributed by atoms with Crippen LogP contribution in [0.3, 0.4) is 0 Å². The zero-order chi connectivity index (χ0) is 9.10. The highest BCUT2D eigenvalue weighted by Crippen LogP contribution is 2.24. The van der Waals surface area contributed by atoms with Crippen LogP contribution in [-0.2, 0) is 0 Å². The molecule has 1 atom stereocenters. The molecular weight excluding hydrogens is 204 g/mol. The summed E-state index contributed by atoms with van der Waals surface area (Å²) in [6, 6.07) is 4.24. The Morgan fingerprint density at radius 3 is 3.23 bits per heavy atom. The average Bonchev–Trinajstić information content (AvgIpc) is 2.61. The van der Waals surface area contributed by atoms with E-state index in [9.17, 15) is 0 Å². The summed E-state index contributed by atoms with van der Waals surface area (Å²) in [6.07, 6.45) is 2.97. The normalized spacial score (nSPS) is 21.8. The predicted octanol–water partition coefficient (Wildman–Crippen LogP) is 2.65. The van der Waals surface area contributed by atoms with E-state index in [1.165, 1.54) is 12.2 Å². The lowest BCUT2D eigenvalue weighted by Crippen LogP contribution is -2.18. The molecule has 70 valence electrons. The topological polar surface area (TPSA) is 24.9 Å². The fourth-order valence-corrected chi connectivity index (χ4v) is 2.66. The van der Waals surface area contributed by atoms with Crippen LogP contribution in [0.4, 0.5) is 5.82 Å². The molecule has 1 fully saturated rings. The summed E-state index contributed by atoms with van der Waals surface area (Å²) >= 11 is 7.94. The third-order valence-corrected chi connectivity index (χ3v) is 3.50. The van der Waals surface area contributed by atoms with Crippen molar-refractivity contribution in [2.45, 2.75) is 12.5 Å². The van der Waals surface area contributed by atoms with Crippen LogP contribution in [0.5, 0.6) is 0 Å². The van der Waals surface area contributed by atoms with Crippen molar-refractivity contribution >= 4 is 29.2 Å². The Balaban J connectivity index is 2.04. The zero-order valence-electron chi connectivity index (χ0n) is 7.16. The number of nitrogens with zero attached hydrogens (tertiary/aromatic N) is 1. The van der Waals surface area contributed by atoms with E-state index in [-0.39, 0.29) is 0 Å². The molecule has 1 aromatic rings. The molecule has 1 aliphatic rings. The molecule has 1 saturated heterocycles. The van der Waals surface area contributed by atoms with E-state index >= 15 is 0 Å². The Morgan fingerprint density at radius 2 is 2.54 bits per heavy atom. The quantitative estimate of drug-likeness (QED) is 0.820. The van der Waals surface area contributed by atoms with Gasteiger partial charge in [-0.3, -0.25) is 0 Å². The first-order valence-electron chi connectivity index (χ1n) is 4.31. The first kappa shape index (κ1) is 9.16. The third kappa shape index (κ3) is 2.29. The van der Waals surface area contributed by atoms with Crippen molar-refractivity contribution in [2.75, 3.05) is 16.8 Å². The molecule has 0 spiro atoms. The van der Waals surface area contributed by atoms with Crippen molar-refractivity contribution in [1.82, 2.24) is 4.98 Å². The Bertz CT molecular complexity index is 287. The molecule has 1 N–H and O–H groups in total. The SMILES string of the molecule is Clc1cccnc1NC1CCSC1. The lowest BCUT2D eigenvalue weighted by Gasteiger charge is -2.12. The monoisotopic (exact) mass is 214 g/mol. The average molecular weight is 215 g/mol. The molecule has 1 aliphatic heterocycles. The minimum absolute atomic E-state index is 0.539. The van der Waals surface area contributed by atoms with Crippen molar-refractivity contribution < 1.29 is 0 Å². The zero-order valence-corrected chi connectivity index (χ0v) is 8.74. The van der Waals surface area contributed by atoms with E-state index in [1.807, 2.05) is 23.9 Å². The standard InChI is InChI=1S/C9H11ClN2S/c10-8-2-1-4-11-9(8)12-7-3-5-13-6-7/h1-2,4,7H,3,5-6H2,(H,11,12). The molecule has 0 bridgehead atoms. The lowest BCUT2D eigenvalue weighted by molar-refractivity contribution is 0.807. The molecule has 2 heterocycles. The number of aromatic nitrogens is 1. The van der Waals surface area contributed by atoms with Crippen molar-refractivity contribution in [3.8, 4) is 0 Å². The number of thioether (sulfide) groups is 1. The maximum atomic E-state index is 5.97. The van der Waals surface area contributed by atoms with Crippen molar-refractivity contribution in [3.05, 3.63) is 23.4 Å². The number of hydrogen-bond acceptors (Lipinski definition) is 3. The number of halogens is 1. The number of rotatable bonds is 2. The lowest BCUT2D eigenvalue weighted by atomic mass is 10.2. The van der Waals surface area contributed by atoms with Crippen molar-refractivity contribution in [3.63, 3.8) is 0 Å². The molecule has 2 nitrogen and oxygen atoms in total. The summed E-state index contributed by atoms with van der Waals surface area (Å²) in [7, 11) is 0. The van der Waals surface area contributed by atoms with Gasteiger partial charge < -0.3 is 5.32 Å². The van der Waals surface area contributed by atoms with Crippen LogP contribution in [0.15, 0.2) is 18.3 Å². The van der Waals surface area contributed by atoms with Gasteiger partial charge >= 0.3 is 0 Å². The van der Waals surface area contributed by atoms with Crippen LogP contribution in [-0.4, -0.2) is 22.5 Å². The molecule has 1 aromatic heterocycles. The fourth-order valence-electron chi connectivity index (χ4n) is 1.33. The van der Waals surface area contributed by atoms with E-state index in [0.29, 0.717) is 11.1 Å². The van der Waals surface area contributed by atoms with E-state index in [1.54, 1.807) is 6.20 Å². The predicted molar refractivity (Wildman–Crippen MR) is 58.6 cm³/mol. The summed E-state index contributed by atoms with van der Waals surface area (Å²) in [6.45, 7) is 0. The number of nitrogens with one attached hydrogen (secondary N) is 1. The van der Waals surface area contributed by atoms with E-state index in [0.717, 1.165) is 11.6 Å². The Morgan fingerprint density at radius 1 is 1.62 bits per heavy atom.